The van der Waals surface area contributed by atoms with Crippen LogP contribution in [0.15, 0.2) is 33.7 Å². The lowest BCUT2D eigenvalue weighted by atomic mass is 10.3. The molecule has 0 atom stereocenters. The molecule has 1 aliphatic heterocycles. The van der Waals surface area contributed by atoms with Crippen LogP contribution in [-0.4, -0.2) is 6.54 Å². The van der Waals surface area contributed by atoms with Gasteiger partial charge in [-0.1, -0.05) is 29.9 Å². The summed E-state index contributed by atoms with van der Waals surface area (Å²) in [6, 6.07) is 0. The third-order valence-electron chi connectivity index (χ3n) is 1.41. The van der Waals surface area contributed by atoms with E-state index in [1.807, 2.05) is 13.0 Å². The van der Waals surface area contributed by atoms with Gasteiger partial charge in [-0.2, -0.15) is 0 Å². The summed E-state index contributed by atoms with van der Waals surface area (Å²) < 4.78 is 0. The third kappa shape index (κ3) is 2.04. The Labute approximate surface area is 76.2 Å². The molecular weight excluding hydrogens is 178 g/mol. The minimum atomic E-state index is 0.825. The molecule has 0 saturated heterocycles. The molecule has 3 heteroatoms. The second-order valence-electron chi connectivity index (χ2n) is 2.17. The van der Waals surface area contributed by atoms with E-state index in [-0.39, 0.29) is 0 Å². The molecule has 1 N–H and O–H groups in total. The summed E-state index contributed by atoms with van der Waals surface area (Å²) in [6.45, 7) is 6.48. The van der Waals surface area contributed by atoms with Crippen LogP contribution in [0.2, 0.25) is 0 Å². The van der Waals surface area contributed by atoms with E-state index in [0.717, 1.165) is 22.2 Å². The van der Waals surface area contributed by atoms with Crippen molar-refractivity contribution < 1.29 is 0 Å². The average Bonchev–Trinajstić information content (AvgIpc) is 1.97. The Hall–Kier alpha value is -0.340. The van der Waals surface area contributed by atoms with Gasteiger partial charge in [0.15, 0.2) is 0 Å². The number of dihydropyridines is 1. The third-order valence-corrected chi connectivity index (χ3v) is 2.79. The van der Waals surface area contributed by atoms with Crippen LogP contribution in [0, 0.1) is 0 Å². The van der Waals surface area contributed by atoms with Gasteiger partial charge in [-0.05, 0) is 18.4 Å². The van der Waals surface area contributed by atoms with Crippen molar-refractivity contribution in [3.8, 4) is 0 Å². The smallest absolute Gasteiger partial charge is 0.0540 e. The summed E-state index contributed by atoms with van der Waals surface area (Å²) in [5, 5.41) is 5.80. The van der Waals surface area contributed by atoms with Gasteiger partial charge < -0.3 is 5.32 Å². The normalized spacial score (nSPS) is 17.5. The number of nitrogens with one attached hydrogen (secondary N) is 1. The first kappa shape index (κ1) is 8.75. The fourth-order valence-electron chi connectivity index (χ4n) is 0.874. The van der Waals surface area contributed by atoms with Crippen molar-refractivity contribution in [3.05, 3.63) is 33.7 Å². The minimum absolute atomic E-state index is 0.825. The first-order valence-electron chi connectivity index (χ1n) is 3.34. The van der Waals surface area contributed by atoms with Crippen molar-refractivity contribution in [2.45, 2.75) is 6.92 Å². The van der Waals surface area contributed by atoms with E-state index in [9.17, 15) is 0 Å². The average molecular weight is 188 g/mol. The predicted octanol–water partition coefficient (Wildman–Crippen LogP) is 2.82. The summed E-state index contributed by atoms with van der Waals surface area (Å²) in [7, 11) is 0. The summed E-state index contributed by atoms with van der Waals surface area (Å²) in [6.07, 6.45) is 1.96. The lowest BCUT2D eigenvalue weighted by Crippen LogP contribution is -2.16. The Kier molecular flexibility index (Phi) is 3.09. The number of hydrogen-bond acceptors (Lipinski definition) is 2. The monoisotopic (exact) mass is 187 g/mol. The highest BCUT2D eigenvalue weighted by atomic mass is 35.5. The van der Waals surface area contributed by atoms with E-state index in [4.69, 9.17) is 11.6 Å². The van der Waals surface area contributed by atoms with Gasteiger partial charge in [0.2, 0.25) is 0 Å². The molecule has 0 amide bonds. The van der Waals surface area contributed by atoms with Crippen molar-refractivity contribution in [2.75, 3.05) is 6.54 Å². The Bertz CT molecular complexity index is 230. The standard InChI is InChI=1S/C8H10ClNS/c1-3-11-8-6(2)10-5-4-7(8)9/h3-4,10H,1,5H2,2H3. The summed E-state index contributed by atoms with van der Waals surface area (Å²) >= 11 is 7.50. The molecule has 0 spiro atoms. The Morgan fingerprint density at radius 3 is 3.09 bits per heavy atom. The van der Waals surface area contributed by atoms with Crippen LogP contribution in [0.3, 0.4) is 0 Å². The topological polar surface area (TPSA) is 12.0 Å². The first-order chi connectivity index (χ1) is 5.25. The van der Waals surface area contributed by atoms with Crippen molar-refractivity contribution >= 4 is 23.4 Å². The van der Waals surface area contributed by atoms with Crippen molar-refractivity contribution in [1.82, 2.24) is 5.32 Å². The van der Waals surface area contributed by atoms with Crippen LogP contribution in [0.1, 0.15) is 6.92 Å². The molecule has 0 aliphatic carbocycles. The van der Waals surface area contributed by atoms with Crippen molar-refractivity contribution in [3.63, 3.8) is 0 Å². The maximum Gasteiger partial charge on any atom is 0.0540 e. The zero-order chi connectivity index (χ0) is 8.27. The molecule has 0 unspecified atom stereocenters. The maximum atomic E-state index is 5.95. The van der Waals surface area contributed by atoms with Crippen LogP contribution in [0.4, 0.5) is 0 Å². The fourth-order valence-corrected chi connectivity index (χ4v) is 1.84. The van der Waals surface area contributed by atoms with E-state index in [2.05, 4.69) is 11.9 Å². The van der Waals surface area contributed by atoms with Crippen LogP contribution in [0.25, 0.3) is 0 Å². The van der Waals surface area contributed by atoms with Gasteiger partial charge in [-0.3, -0.25) is 0 Å². The molecule has 1 rings (SSSR count). The van der Waals surface area contributed by atoms with E-state index in [1.165, 1.54) is 0 Å². The fraction of sp³-hybridized carbons (Fsp3) is 0.250. The number of hydrogen-bond donors (Lipinski definition) is 1. The molecule has 0 radical (unpaired) electrons. The first-order valence-corrected chi connectivity index (χ1v) is 4.60. The lowest BCUT2D eigenvalue weighted by Gasteiger charge is -2.15. The molecule has 1 nitrogen and oxygen atoms in total. The van der Waals surface area contributed by atoms with E-state index in [1.54, 1.807) is 17.2 Å². The minimum Gasteiger partial charge on any atom is -0.384 e. The summed E-state index contributed by atoms with van der Waals surface area (Å²) in [5.41, 5.74) is 1.13. The summed E-state index contributed by atoms with van der Waals surface area (Å²) in [5.74, 6) is 0. The quantitative estimate of drug-likeness (QED) is 0.714. The lowest BCUT2D eigenvalue weighted by molar-refractivity contribution is 0.884. The van der Waals surface area contributed by atoms with Crippen molar-refractivity contribution in [2.24, 2.45) is 0 Å². The van der Waals surface area contributed by atoms with E-state index in [0.29, 0.717) is 0 Å². The van der Waals surface area contributed by atoms with Gasteiger partial charge in [0.05, 0.1) is 5.03 Å². The number of allylic oxidation sites excluding steroid dienone is 2. The molecule has 60 valence electrons. The summed E-state index contributed by atoms with van der Waals surface area (Å²) in [4.78, 5) is 1.08. The predicted molar refractivity (Wildman–Crippen MR) is 52.4 cm³/mol. The molecule has 1 heterocycles. The largest absolute Gasteiger partial charge is 0.384 e. The van der Waals surface area contributed by atoms with Gasteiger partial charge in [-0.25, -0.2) is 0 Å². The zero-order valence-corrected chi connectivity index (χ0v) is 7.93. The Balaban J connectivity index is 2.84. The molecule has 0 fully saturated rings. The van der Waals surface area contributed by atoms with Crippen molar-refractivity contribution in [1.29, 1.82) is 0 Å². The zero-order valence-electron chi connectivity index (χ0n) is 6.36. The van der Waals surface area contributed by atoms with Gasteiger partial charge in [-0.15, -0.1) is 0 Å². The van der Waals surface area contributed by atoms with E-state index < -0.39 is 0 Å². The molecule has 0 aromatic heterocycles. The van der Waals surface area contributed by atoms with E-state index >= 15 is 0 Å². The number of halogens is 1. The second-order valence-corrected chi connectivity index (χ2v) is 3.56. The highest BCUT2D eigenvalue weighted by Gasteiger charge is 2.09. The maximum absolute atomic E-state index is 5.95. The van der Waals surface area contributed by atoms with Gasteiger partial charge in [0.1, 0.15) is 0 Å². The van der Waals surface area contributed by atoms with Crippen LogP contribution in [-0.2, 0) is 0 Å². The molecule has 0 bridgehead atoms. The van der Waals surface area contributed by atoms with Gasteiger partial charge in [0, 0.05) is 17.1 Å². The van der Waals surface area contributed by atoms with Crippen LogP contribution >= 0.6 is 23.4 Å². The highest BCUT2D eigenvalue weighted by molar-refractivity contribution is 8.06. The van der Waals surface area contributed by atoms with Gasteiger partial charge >= 0.3 is 0 Å². The Morgan fingerprint density at radius 1 is 1.82 bits per heavy atom. The SMILES string of the molecule is C=CSC1=C(C)NCC=C1Cl. The molecule has 11 heavy (non-hydrogen) atoms. The van der Waals surface area contributed by atoms with Gasteiger partial charge in [0.25, 0.3) is 0 Å². The highest BCUT2D eigenvalue weighted by Crippen LogP contribution is 2.31. The van der Waals surface area contributed by atoms with Crippen LogP contribution in [0.5, 0.6) is 0 Å². The number of rotatable bonds is 2. The molecule has 0 aromatic rings. The molecule has 0 saturated carbocycles. The Morgan fingerprint density at radius 2 is 2.55 bits per heavy atom. The second kappa shape index (κ2) is 3.88. The number of thioether (sulfide) groups is 1. The van der Waals surface area contributed by atoms with Crippen LogP contribution < -0.4 is 5.32 Å². The molecule has 1 aliphatic rings. The molecular formula is C8H10ClNS. The molecule has 0 aromatic carbocycles.